The molecule has 1 saturated heterocycles. The predicted octanol–water partition coefficient (Wildman–Crippen LogP) is 0.327. The first-order valence-corrected chi connectivity index (χ1v) is 4.92. The molecular weight excluding hydrogens is 196 g/mol. The highest BCUT2D eigenvalue weighted by Crippen LogP contribution is 2.10. The molecule has 1 fully saturated rings. The second-order valence-corrected chi connectivity index (χ2v) is 3.55. The molecule has 0 saturated carbocycles. The van der Waals surface area contributed by atoms with Crippen LogP contribution in [0.3, 0.4) is 0 Å². The molecule has 0 bridgehead atoms. The smallest absolute Gasteiger partial charge is 0.211 e. The van der Waals surface area contributed by atoms with Gasteiger partial charge in [-0.1, -0.05) is 0 Å². The van der Waals surface area contributed by atoms with E-state index in [1.54, 1.807) is 10.8 Å². The molecule has 2 heterocycles. The number of aromatic nitrogens is 2. The number of aryl methyl sites for hydroxylation is 1. The van der Waals surface area contributed by atoms with Gasteiger partial charge >= 0.3 is 0 Å². The van der Waals surface area contributed by atoms with Crippen molar-refractivity contribution in [2.45, 2.75) is 13.0 Å². The monoisotopic (exact) mass is 210 g/mol. The highest BCUT2D eigenvalue weighted by atomic mass is 16.6. The number of ether oxygens (including phenoxy) is 2. The van der Waals surface area contributed by atoms with Gasteiger partial charge in [0.05, 0.1) is 26.0 Å². The number of nitrogens with zero attached hydrogens (tertiary/aromatic N) is 2. The van der Waals surface area contributed by atoms with Crippen LogP contribution in [0, 0.1) is 6.92 Å². The first-order valence-electron chi connectivity index (χ1n) is 4.92. The Labute approximate surface area is 88.0 Å². The van der Waals surface area contributed by atoms with Crippen molar-refractivity contribution in [2.75, 3.05) is 19.8 Å². The average molecular weight is 210 g/mol. The molecule has 0 N–H and O–H groups in total. The highest BCUT2D eigenvalue weighted by molar-refractivity contribution is 5.98. The summed E-state index contributed by atoms with van der Waals surface area (Å²) in [6.07, 6.45) is 1.10. The Morgan fingerprint density at radius 2 is 2.40 bits per heavy atom. The van der Waals surface area contributed by atoms with Gasteiger partial charge in [-0.2, -0.15) is 0 Å². The van der Waals surface area contributed by atoms with Crippen LogP contribution in [0.5, 0.6) is 0 Å². The Morgan fingerprint density at radius 1 is 1.60 bits per heavy atom. The van der Waals surface area contributed by atoms with Crippen LogP contribution < -0.4 is 0 Å². The molecule has 1 aliphatic heterocycles. The Bertz CT molecular complexity index is 367. The fourth-order valence-electron chi connectivity index (χ4n) is 1.54. The van der Waals surface area contributed by atoms with Gasteiger partial charge in [-0.15, -0.1) is 0 Å². The molecule has 82 valence electrons. The Kier molecular flexibility index (Phi) is 2.83. The van der Waals surface area contributed by atoms with Crippen molar-refractivity contribution < 1.29 is 14.3 Å². The molecule has 1 atom stereocenters. The summed E-state index contributed by atoms with van der Waals surface area (Å²) in [4.78, 5) is 16.0. The van der Waals surface area contributed by atoms with E-state index in [0.29, 0.717) is 25.5 Å². The van der Waals surface area contributed by atoms with Gasteiger partial charge in [-0.3, -0.25) is 4.79 Å². The van der Waals surface area contributed by atoms with Crippen molar-refractivity contribution in [2.24, 2.45) is 7.05 Å². The van der Waals surface area contributed by atoms with Crippen molar-refractivity contribution in [3.05, 3.63) is 17.7 Å². The molecule has 0 aliphatic carbocycles. The summed E-state index contributed by atoms with van der Waals surface area (Å²) >= 11 is 0. The maximum Gasteiger partial charge on any atom is 0.211 e. The normalized spacial score (nSPS) is 21.6. The Hall–Kier alpha value is -1.20. The number of ketones is 1. The number of carbonyl (C=O) groups excluding carboxylic acids is 1. The van der Waals surface area contributed by atoms with Crippen LogP contribution in [0.4, 0.5) is 0 Å². The average Bonchev–Trinajstić information content (AvgIpc) is 2.60. The predicted molar refractivity (Wildman–Crippen MR) is 52.8 cm³/mol. The number of hydrogen-bond acceptors (Lipinski definition) is 4. The third-order valence-corrected chi connectivity index (χ3v) is 2.58. The van der Waals surface area contributed by atoms with E-state index < -0.39 is 6.10 Å². The number of carbonyl (C=O) groups is 1. The van der Waals surface area contributed by atoms with Crippen molar-refractivity contribution in [1.82, 2.24) is 9.55 Å². The molecule has 5 heteroatoms. The van der Waals surface area contributed by atoms with Crippen LogP contribution >= 0.6 is 0 Å². The Morgan fingerprint density at radius 3 is 2.93 bits per heavy atom. The van der Waals surface area contributed by atoms with Gasteiger partial charge in [0, 0.05) is 7.05 Å². The first kappa shape index (κ1) is 10.3. The molecule has 0 radical (unpaired) electrons. The van der Waals surface area contributed by atoms with Crippen LogP contribution in [-0.4, -0.2) is 41.3 Å². The number of rotatable bonds is 2. The van der Waals surface area contributed by atoms with Crippen molar-refractivity contribution >= 4 is 5.78 Å². The zero-order valence-electron chi connectivity index (χ0n) is 8.90. The third-order valence-electron chi connectivity index (χ3n) is 2.58. The second kappa shape index (κ2) is 4.12. The summed E-state index contributed by atoms with van der Waals surface area (Å²) in [5, 5.41) is 0. The summed E-state index contributed by atoms with van der Waals surface area (Å²) in [5.41, 5.74) is 0.572. The molecule has 1 aliphatic rings. The molecule has 5 nitrogen and oxygen atoms in total. The molecule has 1 unspecified atom stereocenters. The number of imidazole rings is 1. The van der Waals surface area contributed by atoms with E-state index in [1.807, 2.05) is 14.0 Å². The standard InChI is InChI=1S/C10H14N2O3/c1-7-11-5-8(12(7)2)10(13)9-6-14-3-4-15-9/h5,9H,3-4,6H2,1-2H3. The summed E-state index contributed by atoms with van der Waals surface area (Å²) in [7, 11) is 1.82. The van der Waals surface area contributed by atoms with E-state index >= 15 is 0 Å². The van der Waals surface area contributed by atoms with Crippen LogP contribution in [0.2, 0.25) is 0 Å². The fraction of sp³-hybridized carbons (Fsp3) is 0.600. The van der Waals surface area contributed by atoms with Gasteiger partial charge in [0.2, 0.25) is 5.78 Å². The lowest BCUT2D eigenvalue weighted by molar-refractivity contribution is -0.0721. The van der Waals surface area contributed by atoms with Crippen LogP contribution in [0.25, 0.3) is 0 Å². The Balaban J connectivity index is 2.16. The van der Waals surface area contributed by atoms with E-state index in [9.17, 15) is 4.79 Å². The molecule has 15 heavy (non-hydrogen) atoms. The van der Waals surface area contributed by atoms with E-state index in [0.717, 1.165) is 5.82 Å². The van der Waals surface area contributed by atoms with Gasteiger partial charge in [0.25, 0.3) is 0 Å². The van der Waals surface area contributed by atoms with E-state index in [2.05, 4.69) is 4.98 Å². The maximum atomic E-state index is 12.0. The van der Waals surface area contributed by atoms with Crippen molar-refractivity contribution in [1.29, 1.82) is 0 Å². The number of Topliss-reactive ketones (excluding diaryl/α,β-unsaturated/α-hetero) is 1. The largest absolute Gasteiger partial charge is 0.376 e. The minimum Gasteiger partial charge on any atom is -0.376 e. The maximum absolute atomic E-state index is 12.0. The van der Waals surface area contributed by atoms with Crippen LogP contribution in [0.15, 0.2) is 6.20 Å². The molecule has 1 aromatic heterocycles. The van der Waals surface area contributed by atoms with Crippen LogP contribution in [-0.2, 0) is 16.5 Å². The van der Waals surface area contributed by atoms with Gasteiger partial charge in [-0.05, 0) is 6.92 Å². The zero-order valence-corrected chi connectivity index (χ0v) is 8.90. The fourth-order valence-corrected chi connectivity index (χ4v) is 1.54. The third kappa shape index (κ3) is 1.93. The van der Waals surface area contributed by atoms with E-state index in [4.69, 9.17) is 9.47 Å². The lowest BCUT2D eigenvalue weighted by Crippen LogP contribution is -2.36. The molecule has 2 rings (SSSR count). The summed E-state index contributed by atoms with van der Waals surface area (Å²) in [6.45, 7) is 3.24. The zero-order chi connectivity index (χ0) is 10.8. The lowest BCUT2D eigenvalue weighted by Gasteiger charge is -2.21. The minimum absolute atomic E-state index is 0.0576. The SMILES string of the molecule is Cc1ncc(C(=O)C2COCCO2)n1C. The van der Waals surface area contributed by atoms with Crippen molar-refractivity contribution in [3.63, 3.8) is 0 Å². The second-order valence-electron chi connectivity index (χ2n) is 3.55. The van der Waals surface area contributed by atoms with E-state index in [-0.39, 0.29) is 5.78 Å². The quantitative estimate of drug-likeness (QED) is 0.660. The topological polar surface area (TPSA) is 53.4 Å². The van der Waals surface area contributed by atoms with Gasteiger partial charge in [-0.25, -0.2) is 4.98 Å². The summed E-state index contributed by atoms with van der Waals surface area (Å²) < 4.78 is 12.3. The van der Waals surface area contributed by atoms with Gasteiger partial charge in [0.15, 0.2) is 0 Å². The molecular formula is C10H14N2O3. The minimum atomic E-state index is -0.478. The molecule has 1 aromatic rings. The van der Waals surface area contributed by atoms with Gasteiger partial charge in [0.1, 0.15) is 17.6 Å². The van der Waals surface area contributed by atoms with Gasteiger partial charge < -0.3 is 14.0 Å². The highest BCUT2D eigenvalue weighted by Gasteiger charge is 2.26. The molecule has 0 aromatic carbocycles. The summed E-state index contributed by atoms with van der Waals surface area (Å²) in [5.74, 6) is 0.757. The summed E-state index contributed by atoms with van der Waals surface area (Å²) in [6, 6.07) is 0. The number of hydrogen-bond donors (Lipinski definition) is 0. The molecule has 0 spiro atoms. The lowest BCUT2D eigenvalue weighted by atomic mass is 10.2. The van der Waals surface area contributed by atoms with E-state index in [1.165, 1.54) is 0 Å². The first-order chi connectivity index (χ1) is 7.20. The molecule has 0 amide bonds. The van der Waals surface area contributed by atoms with Crippen molar-refractivity contribution in [3.8, 4) is 0 Å². The van der Waals surface area contributed by atoms with Crippen LogP contribution in [0.1, 0.15) is 16.3 Å².